The predicted molar refractivity (Wildman–Crippen MR) is 98.5 cm³/mol. The topological polar surface area (TPSA) is 48.6 Å². The van der Waals surface area contributed by atoms with E-state index in [-0.39, 0.29) is 12.1 Å². The third-order valence-electron chi connectivity index (χ3n) is 4.37. The molecule has 5 heteroatoms. The van der Waals surface area contributed by atoms with Crippen LogP contribution in [0.3, 0.4) is 0 Å². The van der Waals surface area contributed by atoms with Crippen molar-refractivity contribution < 1.29 is 9.53 Å². The third-order valence-corrected chi connectivity index (χ3v) is 4.37. The molecule has 1 fully saturated rings. The van der Waals surface area contributed by atoms with Gasteiger partial charge in [0.1, 0.15) is 6.61 Å². The van der Waals surface area contributed by atoms with E-state index in [0.717, 1.165) is 19.4 Å². The molecule has 1 saturated heterocycles. The molecular formula is C19H29N3O2. The van der Waals surface area contributed by atoms with E-state index in [4.69, 9.17) is 4.74 Å². The van der Waals surface area contributed by atoms with Gasteiger partial charge in [-0.25, -0.2) is 4.79 Å². The summed E-state index contributed by atoms with van der Waals surface area (Å²) in [5, 5.41) is 1.28. The Labute approximate surface area is 144 Å². The van der Waals surface area contributed by atoms with E-state index in [0.29, 0.717) is 6.61 Å². The van der Waals surface area contributed by atoms with Gasteiger partial charge < -0.3 is 19.5 Å². The van der Waals surface area contributed by atoms with Crippen LogP contribution in [0.1, 0.15) is 25.0 Å². The van der Waals surface area contributed by atoms with E-state index in [9.17, 15) is 4.79 Å². The second-order valence-electron chi connectivity index (χ2n) is 6.29. The van der Waals surface area contributed by atoms with Gasteiger partial charge in [0.25, 0.3) is 0 Å². The maximum absolute atomic E-state index is 11.4. The number of hydrogen-bond donors (Lipinski definition) is 1. The lowest BCUT2D eigenvalue weighted by Gasteiger charge is -2.16. The maximum atomic E-state index is 11.4. The summed E-state index contributed by atoms with van der Waals surface area (Å²) in [5.41, 5.74) is 3.76. The van der Waals surface area contributed by atoms with Crippen molar-refractivity contribution in [2.75, 3.05) is 34.3 Å². The molecule has 1 atom stereocenters. The Balaban J connectivity index is 0.00000100. The van der Waals surface area contributed by atoms with Gasteiger partial charge >= 0.3 is 6.09 Å². The molecule has 0 radical (unpaired) electrons. The highest BCUT2D eigenvalue weighted by atomic mass is 16.6. The van der Waals surface area contributed by atoms with Crippen LogP contribution in [0.5, 0.6) is 0 Å². The zero-order valence-corrected chi connectivity index (χ0v) is 15.4. The molecule has 0 saturated carbocycles. The Hall–Kier alpha value is -2.01. The number of amides is 1. The van der Waals surface area contributed by atoms with Crippen LogP contribution in [0.15, 0.2) is 24.4 Å². The van der Waals surface area contributed by atoms with Gasteiger partial charge in [-0.2, -0.15) is 0 Å². The van der Waals surface area contributed by atoms with Crippen molar-refractivity contribution in [3.8, 4) is 0 Å². The van der Waals surface area contributed by atoms with Crippen LogP contribution >= 0.6 is 0 Å². The fourth-order valence-electron chi connectivity index (χ4n) is 2.90. The van der Waals surface area contributed by atoms with Crippen molar-refractivity contribution in [1.29, 1.82) is 0 Å². The van der Waals surface area contributed by atoms with Crippen LogP contribution in [0.2, 0.25) is 0 Å². The minimum Gasteiger partial charge on any atom is -0.447 e. The van der Waals surface area contributed by atoms with Crippen molar-refractivity contribution in [3.05, 3.63) is 35.5 Å². The van der Waals surface area contributed by atoms with E-state index >= 15 is 0 Å². The summed E-state index contributed by atoms with van der Waals surface area (Å²) in [6, 6.07) is 6.63. The highest BCUT2D eigenvalue weighted by molar-refractivity contribution is 5.84. The van der Waals surface area contributed by atoms with Gasteiger partial charge in [-0.05, 0) is 50.2 Å². The van der Waals surface area contributed by atoms with Crippen LogP contribution in [0.25, 0.3) is 10.9 Å². The number of likely N-dealkylation sites (N-methyl/N-ethyl adjacent to an activating group) is 2. The van der Waals surface area contributed by atoms with Crippen molar-refractivity contribution in [1.82, 2.24) is 14.8 Å². The predicted octanol–water partition coefficient (Wildman–Crippen LogP) is 3.29. The average molecular weight is 331 g/mol. The first kappa shape index (κ1) is 18.3. The number of nitrogens with zero attached hydrogens (tertiary/aromatic N) is 2. The molecule has 0 bridgehead atoms. The molecule has 0 aliphatic carbocycles. The standard InChI is InChI=1S/C17H23N3O2.C2H6/c1-19(2)7-6-13-10-18-16-5-4-12(9-15(13)16)8-14-11-22-17(21)20(14)3;1-2/h4-5,9-10,14,18H,6-8,11H2,1-3H3;1-2H3. The van der Waals surface area contributed by atoms with Crippen LogP contribution in [-0.2, 0) is 17.6 Å². The normalized spacial score (nSPS) is 17.2. The molecule has 1 amide bonds. The Morgan fingerprint density at radius 3 is 2.71 bits per heavy atom. The Morgan fingerprint density at radius 2 is 2.08 bits per heavy atom. The summed E-state index contributed by atoms with van der Waals surface area (Å²) >= 11 is 0. The number of aromatic nitrogens is 1. The van der Waals surface area contributed by atoms with E-state index in [1.54, 1.807) is 11.9 Å². The molecule has 24 heavy (non-hydrogen) atoms. The highest BCUT2D eigenvalue weighted by Crippen LogP contribution is 2.23. The van der Waals surface area contributed by atoms with Gasteiger partial charge in [-0.3, -0.25) is 0 Å². The molecule has 1 aliphatic rings. The number of cyclic esters (lactones) is 1. The fraction of sp³-hybridized carbons (Fsp3) is 0.526. The monoisotopic (exact) mass is 331 g/mol. The average Bonchev–Trinajstić information content (AvgIpc) is 3.13. The zero-order chi connectivity index (χ0) is 17.7. The van der Waals surface area contributed by atoms with Gasteiger partial charge in [0.2, 0.25) is 0 Å². The Morgan fingerprint density at radius 1 is 1.33 bits per heavy atom. The van der Waals surface area contributed by atoms with Gasteiger partial charge in [0.05, 0.1) is 6.04 Å². The van der Waals surface area contributed by atoms with Crippen molar-refractivity contribution in [2.24, 2.45) is 0 Å². The van der Waals surface area contributed by atoms with Gasteiger partial charge in [-0.1, -0.05) is 19.9 Å². The number of carbonyl (C=O) groups is 1. The van der Waals surface area contributed by atoms with E-state index in [1.165, 1.54) is 22.0 Å². The molecule has 2 heterocycles. The first-order valence-corrected chi connectivity index (χ1v) is 8.68. The summed E-state index contributed by atoms with van der Waals surface area (Å²) in [6.07, 6.45) is 3.74. The zero-order valence-electron chi connectivity index (χ0n) is 15.4. The first-order chi connectivity index (χ1) is 11.5. The summed E-state index contributed by atoms with van der Waals surface area (Å²) < 4.78 is 5.09. The molecular weight excluding hydrogens is 302 g/mol. The maximum Gasteiger partial charge on any atom is 0.409 e. The third kappa shape index (κ3) is 4.09. The molecule has 1 aromatic heterocycles. The Kier molecular flexibility index (Phi) is 6.26. The van der Waals surface area contributed by atoms with Crippen LogP contribution in [0.4, 0.5) is 4.79 Å². The summed E-state index contributed by atoms with van der Waals surface area (Å²) in [4.78, 5) is 18.7. The number of rotatable bonds is 5. The molecule has 1 N–H and O–H groups in total. The highest BCUT2D eigenvalue weighted by Gasteiger charge is 2.29. The minimum atomic E-state index is -0.223. The fourth-order valence-corrected chi connectivity index (χ4v) is 2.90. The molecule has 3 rings (SSSR count). The lowest BCUT2D eigenvalue weighted by molar-refractivity contribution is 0.163. The summed E-state index contributed by atoms with van der Waals surface area (Å²) in [5.74, 6) is 0. The second-order valence-corrected chi connectivity index (χ2v) is 6.29. The van der Waals surface area contributed by atoms with Gasteiger partial charge in [-0.15, -0.1) is 0 Å². The van der Waals surface area contributed by atoms with Crippen molar-refractivity contribution in [3.63, 3.8) is 0 Å². The smallest absolute Gasteiger partial charge is 0.409 e. The quantitative estimate of drug-likeness (QED) is 0.914. The lowest BCUT2D eigenvalue weighted by Crippen LogP contribution is -2.31. The minimum absolute atomic E-state index is 0.133. The lowest BCUT2D eigenvalue weighted by atomic mass is 10.0. The van der Waals surface area contributed by atoms with E-state index < -0.39 is 0 Å². The number of benzene rings is 1. The van der Waals surface area contributed by atoms with Gasteiger partial charge in [0.15, 0.2) is 0 Å². The van der Waals surface area contributed by atoms with Crippen LogP contribution in [-0.4, -0.2) is 61.2 Å². The molecule has 1 aromatic carbocycles. The molecule has 0 spiro atoms. The SMILES string of the molecule is CC.CN(C)CCc1c[nH]c2ccc(CC3COC(=O)N3C)cc12. The van der Waals surface area contributed by atoms with E-state index in [2.05, 4.69) is 48.4 Å². The summed E-state index contributed by atoms with van der Waals surface area (Å²) in [6.45, 7) is 5.51. The number of H-pyrrole nitrogens is 1. The van der Waals surface area contributed by atoms with Crippen molar-refractivity contribution >= 4 is 17.0 Å². The van der Waals surface area contributed by atoms with Crippen molar-refractivity contribution in [2.45, 2.75) is 32.7 Å². The molecule has 132 valence electrons. The molecule has 1 unspecified atom stereocenters. The number of fused-ring (bicyclic) bond motifs is 1. The summed E-state index contributed by atoms with van der Waals surface area (Å²) in [7, 11) is 5.98. The number of nitrogens with one attached hydrogen (secondary N) is 1. The molecule has 5 nitrogen and oxygen atoms in total. The number of ether oxygens (including phenoxy) is 1. The van der Waals surface area contributed by atoms with E-state index in [1.807, 2.05) is 13.8 Å². The Bertz CT molecular complexity index is 678. The largest absolute Gasteiger partial charge is 0.447 e. The molecule has 1 aliphatic heterocycles. The number of hydrogen-bond acceptors (Lipinski definition) is 3. The number of aromatic amines is 1. The van der Waals surface area contributed by atoms with Gasteiger partial charge in [0, 0.05) is 30.7 Å². The van der Waals surface area contributed by atoms with Crippen LogP contribution in [0, 0.1) is 0 Å². The van der Waals surface area contributed by atoms with Crippen LogP contribution < -0.4 is 0 Å². The number of carbonyl (C=O) groups excluding carboxylic acids is 1. The second kappa shape index (κ2) is 8.20. The molecule has 2 aromatic rings. The first-order valence-electron chi connectivity index (χ1n) is 8.68.